The fourth-order valence-electron chi connectivity index (χ4n) is 3.78. The molecule has 2 saturated heterocycles. The molecule has 3 atom stereocenters. The predicted molar refractivity (Wildman–Crippen MR) is 93.3 cm³/mol. The summed E-state index contributed by atoms with van der Waals surface area (Å²) < 4.78 is 15.4. The summed E-state index contributed by atoms with van der Waals surface area (Å²) in [5.41, 5.74) is 2.49. The van der Waals surface area contributed by atoms with Crippen LogP contribution < -0.4 is 0 Å². The van der Waals surface area contributed by atoms with Gasteiger partial charge in [-0.2, -0.15) is 15.4 Å². The van der Waals surface area contributed by atoms with Gasteiger partial charge in [0.05, 0.1) is 11.1 Å². The second-order valence-electron chi connectivity index (χ2n) is 6.83. The Morgan fingerprint density at radius 2 is 1.96 bits per heavy atom. The summed E-state index contributed by atoms with van der Waals surface area (Å²) in [5.74, 6) is -0.109. The first kappa shape index (κ1) is 16.4. The molecule has 1 aromatic carbocycles. The maximum atomic E-state index is 13.2. The molecule has 4 rings (SSSR count). The summed E-state index contributed by atoms with van der Waals surface area (Å²) in [6.07, 6.45) is 3.37. The smallest absolute Gasteiger partial charge is 0.276 e. The van der Waals surface area contributed by atoms with Gasteiger partial charge in [0, 0.05) is 25.2 Å². The summed E-state index contributed by atoms with van der Waals surface area (Å²) in [4.78, 5) is 15.2. The first-order chi connectivity index (χ1) is 12.0. The lowest BCUT2D eigenvalue weighted by Gasteiger charge is -2.39. The van der Waals surface area contributed by atoms with E-state index in [4.69, 9.17) is 0 Å². The molecule has 2 fully saturated rings. The minimum Gasteiger partial charge on any atom is -0.334 e. The molecule has 1 N–H and O–H groups in total. The van der Waals surface area contributed by atoms with Gasteiger partial charge in [-0.25, -0.2) is 8.51 Å². The number of amides is 1. The molecule has 1 aromatic heterocycles. The molecular formula is C17H21N5O2S. The van der Waals surface area contributed by atoms with Gasteiger partial charge in [0.25, 0.3) is 5.91 Å². The predicted octanol–water partition coefficient (Wildman–Crippen LogP) is 1.43. The number of likely N-dealkylation sites (tertiary alicyclic amines) is 1. The van der Waals surface area contributed by atoms with Crippen molar-refractivity contribution in [1.29, 1.82) is 0 Å². The third-order valence-corrected chi connectivity index (χ3v) is 6.86. The molecule has 0 aliphatic carbocycles. The molecule has 8 heteroatoms. The number of nitrogens with zero attached hydrogens (tertiary/aromatic N) is 4. The van der Waals surface area contributed by atoms with Gasteiger partial charge in [0.1, 0.15) is 11.0 Å². The van der Waals surface area contributed by atoms with Crippen molar-refractivity contribution in [3.05, 3.63) is 41.2 Å². The first-order valence-electron chi connectivity index (χ1n) is 8.47. The van der Waals surface area contributed by atoms with E-state index in [-0.39, 0.29) is 18.0 Å². The molecule has 2 aliphatic rings. The Kier molecular flexibility index (Phi) is 4.16. The van der Waals surface area contributed by atoms with Crippen molar-refractivity contribution in [2.45, 2.75) is 43.7 Å². The first-order valence-corrected chi connectivity index (χ1v) is 9.58. The van der Waals surface area contributed by atoms with Gasteiger partial charge in [-0.1, -0.05) is 12.1 Å². The van der Waals surface area contributed by atoms with Crippen molar-refractivity contribution in [3.63, 3.8) is 0 Å². The topological polar surface area (TPSA) is 82.2 Å². The number of aromatic amines is 1. The number of hydrogen-bond donors (Lipinski definition) is 1. The van der Waals surface area contributed by atoms with Crippen molar-refractivity contribution in [3.8, 4) is 0 Å². The van der Waals surface area contributed by atoms with E-state index >= 15 is 0 Å². The quantitative estimate of drug-likeness (QED) is 0.899. The van der Waals surface area contributed by atoms with Crippen LogP contribution in [0, 0.1) is 13.8 Å². The van der Waals surface area contributed by atoms with Gasteiger partial charge in [-0.3, -0.25) is 4.79 Å². The van der Waals surface area contributed by atoms with Crippen LogP contribution in [0.4, 0.5) is 0 Å². The molecule has 0 saturated carbocycles. The molecule has 2 aliphatic heterocycles. The number of fused-ring (bicyclic) bond motifs is 2. The van der Waals surface area contributed by atoms with Crippen LogP contribution in [0.25, 0.3) is 0 Å². The van der Waals surface area contributed by atoms with E-state index in [1.54, 1.807) is 0 Å². The van der Waals surface area contributed by atoms with Crippen molar-refractivity contribution in [2.75, 3.05) is 13.1 Å². The zero-order valence-electron chi connectivity index (χ0n) is 14.3. The number of piperazine rings is 1. The standard InChI is InChI=1S/C17H21N5O2S/c1-11-3-4-12(2)16(7-11)25(24)22-13-5-6-14(22)10-21(9-13)17(23)15-8-18-20-19-15/h3-4,7-8,13-14H,5-6,9-10H2,1-2H3,(H,18,19,20). The van der Waals surface area contributed by atoms with Gasteiger partial charge >= 0.3 is 0 Å². The van der Waals surface area contributed by atoms with Gasteiger partial charge in [0.15, 0.2) is 5.69 Å². The van der Waals surface area contributed by atoms with E-state index in [0.717, 1.165) is 28.9 Å². The van der Waals surface area contributed by atoms with E-state index in [2.05, 4.69) is 19.7 Å². The van der Waals surface area contributed by atoms with Crippen LogP contribution in [0.15, 0.2) is 29.3 Å². The summed E-state index contributed by atoms with van der Waals surface area (Å²) in [6.45, 7) is 5.18. The van der Waals surface area contributed by atoms with Crippen molar-refractivity contribution in [1.82, 2.24) is 24.6 Å². The highest BCUT2D eigenvalue weighted by atomic mass is 32.2. The molecule has 2 bridgehead atoms. The van der Waals surface area contributed by atoms with Crippen molar-refractivity contribution >= 4 is 16.9 Å². The van der Waals surface area contributed by atoms with Gasteiger partial charge in [-0.05, 0) is 43.9 Å². The number of rotatable bonds is 3. The average Bonchev–Trinajstić information content (AvgIpc) is 3.22. The fraction of sp³-hybridized carbons (Fsp3) is 0.471. The molecule has 0 spiro atoms. The molecule has 0 radical (unpaired) electrons. The van der Waals surface area contributed by atoms with E-state index in [1.807, 2.05) is 36.9 Å². The van der Waals surface area contributed by atoms with E-state index in [0.29, 0.717) is 18.8 Å². The summed E-state index contributed by atoms with van der Waals surface area (Å²) in [5, 5.41) is 10.1. The third kappa shape index (κ3) is 2.89. The molecule has 1 amide bonds. The number of hydrogen-bond acceptors (Lipinski definition) is 4. The Bertz CT molecular complexity index is 808. The van der Waals surface area contributed by atoms with Crippen LogP contribution >= 0.6 is 0 Å². The Morgan fingerprint density at radius 3 is 2.60 bits per heavy atom. The zero-order valence-corrected chi connectivity index (χ0v) is 15.1. The molecular weight excluding hydrogens is 338 g/mol. The molecule has 3 heterocycles. The van der Waals surface area contributed by atoms with Crippen LogP contribution in [0.2, 0.25) is 0 Å². The zero-order chi connectivity index (χ0) is 17.6. The van der Waals surface area contributed by atoms with Crippen LogP contribution in [-0.4, -0.2) is 59.9 Å². The average molecular weight is 359 g/mol. The van der Waals surface area contributed by atoms with Crippen LogP contribution in [0.1, 0.15) is 34.5 Å². The molecule has 7 nitrogen and oxygen atoms in total. The lowest BCUT2D eigenvalue weighted by Crippen LogP contribution is -2.55. The van der Waals surface area contributed by atoms with Gasteiger partial charge in [-0.15, -0.1) is 0 Å². The summed E-state index contributed by atoms with van der Waals surface area (Å²) >= 11 is 0. The minimum absolute atomic E-state index is 0.109. The second kappa shape index (κ2) is 6.34. The highest BCUT2D eigenvalue weighted by Crippen LogP contribution is 2.34. The monoisotopic (exact) mass is 359 g/mol. The van der Waals surface area contributed by atoms with Crippen LogP contribution in [0.3, 0.4) is 0 Å². The minimum atomic E-state index is -1.19. The molecule has 25 heavy (non-hydrogen) atoms. The molecule has 3 unspecified atom stereocenters. The Hall–Kier alpha value is -2.06. The highest BCUT2D eigenvalue weighted by Gasteiger charge is 2.45. The Balaban J connectivity index is 1.55. The maximum Gasteiger partial charge on any atom is 0.276 e. The number of H-pyrrole nitrogens is 1. The number of nitrogens with one attached hydrogen (secondary N) is 1. The van der Waals surface area contributed by atoms with Crippen molar-refractivity contribution < 1.29 is 9.00 Å². The van der Waals surface area contributed by atoms with E-state index in [9.17, 15) is 9.00 Å². The van der Waals surface area contributed by atoms with E-state index < -0.39 is 11.0 Å². The number of carbonyl (C=O) groups excluding carboxylic acids is 1. The summed E-state index contributed by atoms with van der Waals surface area (Å²) in [6, 6.07) is 6.32. The molecule has 132 valence electrons. The number of benzene rings is 1. The van der Waals surface area contributed by atoms with Gasteiger partial charge in [0.2, 0.25) is 0 Å². The van der Waals surface area contributed by atoms with E-state index in [1.165, 1.54) is 6.20 Å². The lowest BCUT2D eigenvalue weighted by molar-refractivity contribution is 0.0616. The second-order valence-corrected chi connectivity index (χ2v) is 8.19. The number of aryl methyl sites for hydroxylation is 2. The number of aromatic nitrogens is 3. The Labute approximate surface area is 149 Å². The van der Waals surface area contributed by atoms with Crippen molar-refractivity contribution in [2.24, 2.45) is 0 Å². The lowest BCUT2D eigenvalue weighted by atomic mass is 10.2. The normalized spacial score (nSPS) is 24.5. The van der Waals surface area contributed by atoms with Crippen LogP contribution in [-0.2, 0) is 11.0 Å². The number of carbonyl (C=O) groups is 1. The third-order valence-electron chi connectivity index (χ3n) is 5.06. The molecule has 2 aromatic rings. The highest BCUT2D eigenvalue weighted by molar-refractivity contribution is 7.82. The SMILES string of the molecule is Cc1ccc(C)c(S(=O)N2C3CCC2CN(C(=O)c2cn[nH]n2)C3)c1. The maximum absolute atomic E-state index is 13.2. The largest absolute Gasteiger partial charge is 0.334 e. The van der Waals surface area contributed by atoms with Crippen LogP contribution in [0.5, 0.6) is 0 Å². The van der Waals surface area contributed by atoms with Gasteiger partial charge < -0.3 is 4.90 Å². The fourth-order valence-corrected chi connectivity index (χ4v) is 5.52. The summed E-state index contributed by atoms with van der Waals surface area (Å²) in [7, 11) is -1.19. The Morgan fingerprint density at radius 1 is 1.24 bits per heavy atom.